The Balaban J connectivity index is 0.000000505. The first kappa shape index (κ1) is 29.4. The van der Waals surface area contributed by atoms with E-state index in [1.165, 1.54) is 11.0 Å². The number of primary amides is 1. The summed E-state index contributed by atoms with van der Waals surface area (Å²) in [6.07, 6.45) is -4.71. The molecule has 1 amide bonds. The van der Waals surface area contributed by atoms with Gasteiger partial charge in [-0.3, -0.25) is 19.3 Å². The highest BCUT2D eigenvalue weighted by Gasteiger charge is 2.64. The first-order chi connectivity index (χ1) is 17.4. The first-order valence-electron chi connectivity index (χ1n) is 10.8. The predicted molar refractivity (Wildman–Crippen MR) is 131 cm³/mol. The molecular weight excluding hydrogens is 632 g/mol. The van der Waals surface area contributed by atoms with Gasteiger partial charge in [0.05, 0.1) is 11.6 Å². The minimum Gasteiger partial charge on any atom is -0.508 e. The number of alkyl halides is 3. The second-order valence-corrected chi connectivity index (χ2v) is 10.3. The van der Waals surface area contributed by atoms with Gasteiger partial charge >= 0.3 is 12.1 Å². The van der Waals surface area contributed by atoms with Crippen molar-refractivity contribution in [1.29, 1.82) is 0 Å². The Morgan fingerprint density at radius 3 is 2.18 bits per heavy atom. The van der Waals surface area contributed by atoms with Gasteiger partial charge in [-0.1, -0.05) is 0 Å². The standard InChI is InChI=1S/C21H21IN2O7.C2HF3O2/c1-24(2)15-9-6-7-5-8-10(22)3-4-11(25)13(8)16(26)12(7)18(28)21(9,31)19(29)14(17(15)27)20(23)30;3-2(4,5)1(6)7/h3-4,7,9,15,25-26,29,31H,5-6H2,1-2H3,(H2,23,30);(H,6,7)/t7-,9-,15-,21-;/m0./s1. The number of carboxylic acid groups (broad SMARTS) is 1. The highest BCUT2D eigenvalue weighted by molar-refractivity contribution is 14.1. The Labute approximate surface area is 226 Å². The molecule has 0 radical (unpaired) electrons. The van der Waals surface area contributed by atoms with Crippen LogP contribution in [0.4, 0.5) is 13.2 Å². The molecule has 3 aliphatic rings. The molecule has 7 N–H and O–H groups in total. The van der Waals surface area contributed by atoms with E-state index in [4.69, 9.17) is 15.6 Å². The lowest BCUT2D eigenvalue weighted by atomic mass is 9.57. The summed E-state index contributed by atoms with van der Waals surface area (Å²) in [6.45, 7) is 0. The number of aliphatic hydroxyl groups is 3. The number of phenolic OH excluding ortho intramolecular Hbond substituents is 1. The van der Waals surface area contributed by atoms with Gasteiger partial charge in [-0.05, 0) is 73.1 Å². The number of amides is 1. The maximum absolute atomic E-state index is 13.6. The normalized spacial score (nSPS) is 26.8. The monoisotopic (exact) mass is 654 g/mol. The zero-order valence-electron chi connectivity index (χ0n) is 19.7. The van der Waals surface area contributed by atoms with Crippen LogP contribution in [0.25, 0.3) is 5.76 Å². The number of aliphatic carboxylic acids is 1. The van der Waals surface area contributed by atoms with E-state index in [1.807, 2.05) is 0 Å². The van der Waals surface area contributed by atoms with Crippen LogP contribution in [-0.4, -0.2) is 85.8 Å². The summed E-state index contributed by atoms with van der Waals surface area (Å²) < 4.78 is 32.5. The van der Waals surface area contributed by atoms with Crippen molar-refractivity contribution in [2.45, 2.75) is 30.7 Å². The zero-order valence-corrected chi connectivity index (χ0v) is 21.9. The summed E-state index contributed by atoms with van der Waals surface area (Å²) in [5.41, 5.74) is 2.46. The molecule has 0 aromatic heterocycles. The van der Waals surface area contributed by atoms with Crippen LogP contribution in [0.2, 0.25) is 0 Å². The molecule has 1 aromatic rings. The number of rotatable bonds is 2. The van der Waals surface area contributed by atoms with Crippen molar-refractivity contribution < 1.29 is 57.9 Å². The average molecular weight is 654 g/mol. The van der Waals surface area contributed by atoms with Crippen LogP contribution in [0.5, 0.6) is 5.75 Å². The number of ketones is 2. The zero-order chi connectivity index (χ0) is 29.1. The number of likely N-dealkylation sites (N-methyl/N-ethyl adjacent to an activating group) is 1. The predicted octanol–water partition coefficient (Wildman–Crippen LogP) is 1.20. The number of aromatic hydroxyl groups is 1. The van der Waals surface area contributed by atoms with Crippen molar-refractivity contribution >= 4 is 51.8 Å². The Hall–Kier alpha value is -3.18. The molecule has 206 valence electrons. The molecule has 0 saturated heterocycles. The van der Waals surface area contributed by atoms with Gasteiger partial charge in [-0.2, -0.15) is 13.2 Å². The fourth-order valence-corrected chi connectivity index (χ4v) is 5.88. The van der Waals surface area contributed by atoms with Crippen LogP contribution in [0.1, 0.15) is 17.5 Å². The number of carbonyl (C=O) groups excluding carboxylic acids is 3. The van der Waals surface area contributed by atoms with Gasteiger partial charge in [-0.25, -0.2) is 4.79 Å². The van der Waals surface area contributed by atoms with E-state index in [1.54, 1.807) is 20.2 Å². The van der Waals surface area contributed by atoms with Gasteiger partial charge in [0.15, 0.2) is 11.4 Å². The van der Waals surface area contributed by atoms with Crippen LogP contribution in [0, 0.1) is 15.4 Å². The van der Waals surface area contributed by atoms with Crippen molar-refractivity contribution in [2.24, 2.45) is 17.6 Å². The van der Waals surface area contributed by atoms with Crippen LogP contribution in [0.15, 0.2) is 29.0 Å². The lowest BCUT2D eigenvalue weighted by Gasteiger charge is -2.50. The largest absolute Gasteiger partial charge is 0.508 e. The van der Waals surface area contributed by atoms with Gasteiger partial charge < -0.3 is 31.3 Å². The smallest absolute Gasteiger partial charge is 0.490 e. The Bertz CT molecular complexity index is 1320. The Kier molecular flexibility index (Phi) is 7.61. The number of Topliss-reactive ketones (excluding diaryl/α,β-unsaturated/α-hetero) is 2. The minimum absolute atomic E-state index is 0.0809. The van der Waals surface area contributed by atoms with Crippen LogP contribution < -0.4 is 5.73 Å². The number of nitrogens with zero attached hydrogens (tertiary/aromatic N) is 1. The van der Waals surface area contributed by atoms with Crippen molar-refractivity contribution in [2.75, 3.05) is 14.1 Å². The second kappa shape index (κ2) is 9.85. The fraction of sp³-hybridized carbons (Fsp3) is 0.391. The number of phenols is 1. The van der Waals surface area contributed by atoms with Crippen molar-refractivity contribution in [3.63, 3.8) is 0 Å². The Morgan fingerprint density at radius 2 is 1.71 bits per heavy atom. The third-order valence-corrected chi connectivity index (χ3v) is 7.80. The molecule has 0 unspecified atom stereocenters. The second-order valence-electron chi connectivity index (χ2n) is 9.18. The SMILES string of the molecule is CN(C)[C@@H]1C(=O)C(C(N)=O)=C(O)[C@@]2(O)C(=O)C3=C(O)c4c(O)ccc(I)c4C[C@H]3C[C@@H]12.O=C(O)C(F)(F)F. The third-order valence-electron chi connectivity index (χ3n) is 6.79. The third kappa shape index (κ3) is 4.51. The average Bonchev–Trinajstić information content (AvgIpc) is 2.78. The van der Waals surface area contributed by atoms with Gasteiger partial charge in [0.1, 0.15) is 22.8 Å². The van der Waals surface area contributed by atoms with E-state index in [2.05, 4.69) is 22.6 Å². The van der Waals surface area contributed by atoms with Gasteiger partial charge in [-0.15, -0.1) is 0 Å². The molecule has 1 fully saturated rings. The molecule has 0 heterocycles. The summed E-state index contributed by atoms with van der Waals surface area (Å²) in [4.78, 5) is 48.8. The maximum atomic E-state index is 13.6. The molecule has 4 rings (SSSR count). The molecular formula is C23H22F3IN2O9. The van der Waals surface area contributed by atoms with E-state index in [0.717, 1.165) is 3.57 Å². The summed E-state index contributed by atoms with van der Waals surface area (Å²) in [7, 11) is 3.13. The number of carboxylic acids is 1. The van der Waals surface area contributed by atoms with E-state index < -0.39 is 70.2 Å². The number of nitrogens with two attached hydrogens (primary N) is 1. The lowest BCUT2D eigenvalue weighted by molar-refractivity contribution is -0.192. The number of carbonyl (C=O) groups is 4. The number of hydrogen-bond donors (Lipinski definition) is 6. The van der Waals surface area contributed by atoms with Gasteiger partial charge in [0, 0.05) is 15.1 Å². The highest BCUT2D eigenvalue weighted by atomic mass is 127. The number of aliphatic hydroxyl groups excluding tert-OH is 2. The van der Waals surface area contributed by atoms with E-state index in [-0.39, 0.29) is 23.3 Å². The molecule has 1 saturated carbocycles. The summed E-state index contributed by atoms with van der Waals surface area (Å²) in [5.74, 6) is -9.20. The number of hydrogen-bond acceptors (Lipinski definition) is 9. The van der Waals surface area contributed by atoms with E-state index >= 15 is 0 Å². The number of benzene rings is 1. The summed E-state index contributed by atoms with van der Waals surface area (Å²) in [6, 6.07) is 2.00. The molecule has 4 atom stereocenters. The van der Waals surface area contributed by atoms with Crippen LogP contribution >= 0.6 is 22.6 Å². The summed E-state index contributed by atoms with van der Waals surface area (Å²) in [5, 5.41) is 50.5. The molecule has 15 heteroatoms. The van der Waals surface area contributed by atoms with Gasteiger partial charge in [0.25, 0.3) is 5.91 Å². The van der Waals surface area contributed by atoms with Crippen molar-refractivity contribution in [3.8, 4) is 5.75 Å². The molecule has 11 nitrogen and oxygen atoms in total. The molecule has 0 aliphatic heterocycles. The summed E-state index contributed by atoms with van der Waals surface area (Å²) >= 11 is 2.07. The highest BCUT2D eigenvalue weighted by Crippen LogP contribution is 2.52. The van der Waals surface area contributed by atoms with Gasteiger partial charge in [0.2, 0.25) is 5.78 Å². The molecule has 1 aromatic carbocycles. The first-order valence-corrected chi connectivity index (χ1v) is 11.9. The quantitative estimate of drug-likeness (QED) is 0.199. The van der Waals surface area contributed by atoms with Crippen molar-refractivity contribution in [1.82, 2.24) is 4.90 Å². The number of fused-ring (bicyclic) bond motifs is 3. The molecule has 0 spiro atoms. The molecule has 38 heavy (non-hydrogen) atoms. The number of halogens is 4. The fourth-order valence-electron chi connectivity index (χ4n) is 5.21. The topological polar surface area (TPSA) is 199 Å². The van der Waals surface area contributed by atoms with Crippen LogP contribution in [0.3, 0.4) is 0 Å². The minimum atomic E-state index is -5.08. The van der Waals surface area contributed by atoms with E-state index in [9.17, 15) is 48.0 Å². The van der Waals surface area contributed by atoms with E-state index in [0.29, 0.717) is 12.0 Å². The molecule has 0 bridgehead atoms. The lowest BCUT2D eigenvalue weighted by Crippen LogP contribution is -2.65. The Morgan fingerprint density at radius 1 is 1.16 bits per heavy atom. The maximum Gasteiger partial charge on any atom is 0.490 e. The van der Waals surface area contributed by atoms with Crippen LogP contribution in [-0.2, 0) is 25.6 Å². The molecule has 3 aliphatic carbocycles. The van der Waals surface area contributed by atoms with Crippen molar-refractivity contribution in [3.05, 3.63) is 43.7 Å².